The normalized spacial score (nSPS) is 15.2. The van der Waals surface area contributed by atoms with Crippen LogP contribution < -0.4 is 4.74 Å². The molecule has 1 heterocycles. The molecule has 132 valence electrons. The van der Waals surface area contributed by atoms with Gasteiger partial charge in [-0.05, 0) is 36.5 Å². The summed E-state index contributed by atoms with van der Waals surface area (Å²) < 4.78 is 29.5. The van der Waals surface area contributed by atoms with Gasteiger partial charge in [-0.15, -0.1) is 0 Å². The first-order chi connectivity index (χ1) is 10.8. The number of halogens is 1. The summed E-state index contributed by atoms with van der Waals surface area (Å²) in [5.74, 6) is -0.123. The molecule has 0 spiro atoms. The first kappa shape index (κ1) is 20.3. The molecule has 3 nitrogen and oxygen atoms in total. The van der Waals surface area contributed by atoms with Gasteiger partial charge in [0.2, 0.25) is 0 Å². The van der Waals surface area contributed by atoms with Crippen LogP contribution in [-0.4, -0.2) is 29.8 Å². The topological polar surface area (TPSA) is 27.7 Å². The molecule has 1 aromatic rings. The van der Waals surface area contributed by atoms with Gasteiger partial charge in [-0.2, -0.15) is 11.8 Å². The van der Waals surface area contributed by atoms with E-state index in [-0.39, 0.29) is 17.7 Å². The zero-order valence-corrected chi connectivity index (χ0v) is 15.8. The Hall–Kier alpha value is -0.780. The molecule has 0 amide bonds. The molecule has 1 aliphatic heterocycles. The van der Waals surface area contributed by atoms with Crippen molar-refractivity contribution in [3.63, 3.8) is 0 Å². The van der Waals surface area contributed by atoms with E-state index >= 15 is 0 Å². The average molecular weight is 344 g/mol. The predicted molar refractivity (Wildman–Crippen MR) is 94.7 cm³/mol. The van der Waals surface area contributed by atoms with Crippen molar-refractivity contribution in [3.05, 3.63) is 29.6 Å². The Balaban J connectivity index is 0.000000322. The van der Waals surface area contributed by atoms with Gasteiger partial charge in [0.15, 0.2) is 17.9 Å². The molecule has 1 fully saturated rings. The molecule has 0 saturated carbocycles. The fourth-order valence-electron chi connectivity index (χ4n) is 2.11. The number of thioether (sulfide) groups is 1. The van der Waals surface area contributed by atoms with Crippen molar-refractivity contribution in [2.24, 2.45) is 0 Å². The molecule has 0 atom stereocenters. The molecule has 5 heteroatoms. The largest absolute Gasteiger partial charge is 0.488 e. The lowest BCUT2D eigenvalue weighted by molar-refractivity contribution is -0.0443. The molecule has 1 saturated heterocycles. The zero-order chi connectivity index (χ0) is 17.4. The molecule has 23 heavy (non-hydrogen) atoms. The van der Waals surface area contributed by atoms with Crippen LogP contribution in [0.4, 0.5) is 4.39 Å². The van der Waals surface area contributed by atoms with Gasteiger partial charge < -0.3 is 14.2 Å². The number of benzene rings is 1. The van der Waals surface area contributed by atoms with Crippen molar-refractivity contribution in [2.45, 2.75) is 64.4 Å². The van der Waals surface area contributed by atoms with E-state index in [1.54, 1.807) is 12.1 Å². The van der Waals surface area contributed by atoms with Crippen LogP contribution in [0.25, 0.3) is 0 Å². The van der Waals surface area contributed by atoms with Crippen molar-refractivity contribution < 1.29 is 18.6 Å². The highest BCUT2D eigenvalue weighted by molar-refractivity contribution is 8.00. The number of rotatable bonds is 5. The molecule has 1 aliphatic rings. The number of hydrogen-bond acceptors (Lipinski definition) is 4. The van der Waals surface area contributed by atoms with Gasteiger partial charge in [-0.1, -0.05) is 33.8 Å². The molecule has 0 aliphatic carbocycles. The van der Waals surface area contributed by atoms with Crippen molar-refractivity contribution in [2.75, 3.05) is 13.2 Å². The Morgan fingerprint density at radius 3 is 2.00 bits per heavy atom. The molecular formula is C18H29FO3S. The quantitative estimate of drug-likeness (QED) is 0.734. The summed E-state index contributed by atoms with van der Waals surface area (Å²) in [4.78, 5) is 0. The van der Waals surface area contributed by atoms with Gasteiger partial charge in [0.1, 0.15) is 0 Å². The van der Waals surface area contributed by atoms with Gasteiger partial charge in [-0.25, -0.2) is 4.39 Å². The van der Waals surface area contributed by atoms with E-state index in [9.17, 15) is 4.39 Å². The van der Waals surface area contributed by atoms with E-state index in [0.29, 0.717) is 18.8 Å². The molecule has 1 aromatic carbocycles. The van der Waals surface area contributed by atoms with Gasteiger partial charge in [0.05, 0.1) is 19.3 Å². The van der Waals surface area contributed by atoms with Crippen LogP contribution in [0.1, 0.15) is 53.4 Å². The summed E-state index contributed by atoms with van der Waals surface area (Å²) >= 11 is 2.01. The second-order valence-electron chi connectivity index (χ2n) is 6.16. The van der Waals surface area contributed by atoms with Gasteiger partial charge >= 0.3 is 0 Å². The fourth-order valence-corrected chi connectivity index (χ4v) is 3.20. The highest BCUT2D eigenvalue weighted by atomic mass is 32.2. The molecule has 0 N–H and O–H groups in total. The average Bonchev–Trinajstić information content (AvgIpc) is 2.93. The lowest BCUT2D eigenvalue weighted by Gasteiger charge is -2.13. The number of hydrogen-bond donors (Lipinski definition) is 0. The third-order valence-electron chi connectivity index (χ3n) is 2.76. The van der Waals surface area contributed by atoms with Gasteiger partial charge in [-0.3, -0.25) is 0 Å². The van der Waals surface area contributed by atoms with Crippen molar-refractivity contribution in [1.82, 2.24) is 0 Å². The molecule has 0 aromatic heterocycles. The maximum Gasteiger partial charge on any atom is 0.184 e. The van der Waals surface area contributed by atoms with Crippen LogP contribution in [0, 0.1) is 5.82 Å². The Morgan fingerprint density at radius 2 is 1.61 bits per heavy atom. The minimum atomic E-state index is -0.442. The van der Waals surface area contributed by atoms with Crippen LogP contribution in [-0.2, 0) is 9.47 Å². The molecule has 2 rings (SSSR count). The molecule has 0 radical (unpaired) electrons. The maximum absolute atomic E-state index is 13.6. The van der Waals surface area contributed by atoms with E-state index in [1.165, 1.54) is 6.07 Å². The van der Waals surface area contributed by atoms with Gasteiger partial charge in [0.25, 0.3) is 0 Å². The third-order valence-corrected chi connectivity index (χ3v) is 3.85. The van der Waals surface area contributed by atoms with E-state index in [2.05, 4.69) is 27.7 Å². The second kappa shape index (κ2) is 10.2. The zero-order valence-electron chi connectivity index (χ0n) is 15.0. The van der Waals surface area contributed by atoms with E-state index < -0.39 is 6.29 Å². The maximum atomic E-state index is 13.6. The summed E-state index contributed by atoms with van der Waals surface area (Å²) in [6, 6.07) is 4.76. The van der Waals surface area contributed by atoms with Crippen LogP contribution in [0.5, 0.6) is 5.75 Å². The van der Waals surface area contributed by atoms with E-state index in [0.717, 1.165) is 10.5 Å². The molecule has 0 bridgehead atoms. The van der Waals surface area contributed by atoms with Crippen molar-refractivity contribution >= 4 is 11.8 Å². The van der Waals surface area contributed by atoms with Crippen LogP contribution in [0.3, 0.4) is 0 Å². The van der Waals surface area contributed by atoms with Crippen LogP contribution in [0.15, 0.2) is 18.2 Å². The van der Waals surface area contributed by atoms with Crippen molar-refractivity contribution in [3.8, 4) is 5.75 Å². The van der Waals surface area contributed by atoms with Crippen molar-refractivity contribution in [1.29, 1.82) is 0 Å². The second-order valence-corrected chi connectivity index (χ2v) is 8.32. The summed E-state index contributed by atoms with van der Waals surface area (Å²) in [6.07, 6.45) is -0.484. The van der Waals surface area contributed by atoms with Gasteiger partial charge in [0, 0.05) is 5.56 Å². The first-order valence-corrected chi connectivity index (χ1v) is 9.08. The lowest BCUT2D eigenvalue weighted by Crippen LogP contribution is -2.07. The monoisotopic (exact) mass is 344 g/mol. The minimum absolute atomic E-state index is 0.0423. The summed E-state index contributed by atoms with van der Waals surface area (Å²) in [5.41, 5.74) is 0.686. The Morgan fingerprint density at radius 1 is 1.04 bits per heavy atom. The van der Waals surface area contributed by atoms with Crippen LogP contribution in [0.2, 0.25) is 0 Å². The Bertz CT molecular complexity index is 452. The molecule has 0 unspecified atom stereocenters. The molecular weight excluding hydrogens is 315 g/mol. The SMILES string of the molecule is CC(C)Oc1ccc(C2OCCO2)cc1F.CC(C)SC(C)C. The van der Waals surface area contributed by atoms with Crippen LogP contribution >= 0.6 is 11.8 Å². The smallest absolute Gasteiger partial charge is 0.184 e. The standard InChI is InChI=1S/C12H15FO3.C6H14S/c1-8(2)16-11-4-3-9(7-10(11)13)12-14-5-6-15-12;1-5(2)7-6(3)4/h3-4,7-8,12H,5-6H2,1-2H3;5-6H,1-4H3. The first-order valence-electron chi connectivity index (χ1n) is 8.14. The van der Waals surface area contributed by atoms with E-state index in [1.807, 2.05) is 25.6 Å². The summed E-state index contributed by atoms with van der Waals surface area (Å²) in [5, 5.41) is 1.58. The fraction of sp³-hybridized carbons (Fsp3) is 0.667. The highest BCUT2D eigenvalue weighted by Gasteiger charge is 2.19. The summed E-state index contributed by atoms with van der Waals surface area (Å²) in [6.45, 7) is 13.7. The lowest BCUT2D eigenvalue weighted by atomic mass is 10.2. The Labute approximate surface area is 143 Å². The summed E-state index contributed by atoms with van der Waals surface area (Å²) in [7, 11) is 0. The third kappa shape index (κ3) is 8.04. The number of ether oxygens (including phenoxy) is 3. The Kier molecular flexibility index (Phi) is 8.95. The highest BCUT2D eigenvalue weighted by Crippen LogP contribution is 2.27. The minimum Gasteiger partial charge on any atom is -0.488 e. The van der Waals surface area contributed by atoms with E-state index in [4.69, 9.17) is 14.2 Å². The predicted octanol–water partition coefficient (Wildman–Crippen LogP) is 5.19.